The summed E-state index contributed by atoms with van der Waals surface area (Å²) in [6.45, 7) is 3.60. The van der Waals surface area contributed by atoms with Gasteiger partial charge in [0, 0.05) is 43.7 Å². The number of halogens is 3. The van der Waals surface area contributed by atoms with Crippen LogP contribution in [0.1, 0.15) is 30.5 Å². The van der Waals surface area contributed by atoms with Gasteiger partial charge in [-0.25, -0.2) is 4.98 Å². The molecule has 1 aliphatic heterocycles. The summed E-state index contributed by atoms with van der Waals surface area (Å²) in [7, 11) is 1.65. The second-order valence-corrected chi connectivity index (χ2v) is 8.27. The summed E-state index contributed by atoms with van der Waals surface area (Å²) in [5.74, 6) is 0.158. The van der Waals surface area contributed by atoms with Crippen molar-refractivity contribution in [2.45, 2.75) is 32.0 Å². The fraction of sp³-hybridized carbons (Fsp3) is 0.524. The number of nitrogens with one attached hydrogen (secondary N) is 1. The van der Waals surface area contributed by atoms with Crippen molar-refractivity contribution in [3.8, 4) is 10.6 Å². The zero-order valence-corrected chi connectivity index (χ0v) is 17.7. The molecule has 9 heteroatoms. The van der Waals surface area contributed by atoms with E-state index < -0.39 is 11.7 Å². The van der Waals surface area contributed by atoms with Crippen LogP contribution in [0.3, 0.4) is 0 Å². The highest BCUT2D eigenvalue weighted by atomic mass is 32.1. The minimum atomic E-state index is -4.33. The van der Waals surface area contributed by atoms with Gasteiger partial charge in [0.1, 0.15) is 5.01 Å². The Morgan fingerprint density at radius 3 is 2.60 bits per heavy atom. The number of amides is 1. The van der Waals surface area contributed by atoms with Crippen LogP contribution in [0.2, 0.25) is 0 Å². The van der Waals surface area contributed by atoms with Crippen molar-refractivity contribution in [3.05, 3.63) is 40.9 Å². The van der Waals surface area contributed by atoms with Gasteiger partial charge in [0.15, 0.2) is 0 Å². The first kappa shape index (κ1) is 22.7. The molecule has 0 aliphatic carbocycles. The van der Waals surface area contributed by atoms with Crippen molar-refractivity contribution in [1.82, 2.24) is 15.2 Å². The zero-order chi connectivity index (χ0) is 21.6. The van der Waals surface area contributed by atoms with Crippen LogP contribution in [0.5, 0.6) is 0 Å². The van der Waals surface area contributed by atoms with Crippen molar-refractivity contribution in [2.75, 3.05) is 33.4 Å². The van der Waals surface area contributed by atoms with Gasteiger partial charge in [-0.05, 0) is 44.5 Å². The molecule has 1 aromatic carbocycles. The lowest BCUT2D eigenvalue weighted by atomic mass is 9.96. The molecule has 1 aliphatic rings. The third kappa shape index (κ3) is 6.26. The maximum Gasteiger partial charge on any atom is 0.416 e. The van der Waals surface area contributed by atoms with Gasteiger partial charge in [-0.1, -0.05) is 12.1 Å². The molecule has 1 saturated heterocycles. The average molecular weight is 442 g/mol. The lowest BCUT2D eigenvalue weighted by Crippen LogP contribution is -2.40. The molecule has 2 heterocycles. The largest absolute Gasteiger partial charge is 0.416 e. The average Bonchev–Trinajstić information content (AvgIpc) is 3.19. The molecule has 5 nitrogen and oxygen atoms in total. The molecule has 30 heavy (non-hydrogen) atoms. The predicted octanol–water partition coefficient (Wildman–Crippen LogP) is 4.19. The van der Waals surface area contributed by atoms with E-state index in [1.165, 1.54) is 23.5 Å². The molecule has 2 aromatic rings. The Kier molecular flexibility index (Phi) is 7.85. The highest BCUT2D eigenvalue weighted by molar-refractivity contribution is 7.13. The number of likely N-dealkylation sites (tertiary alicyclic amines) is 1. The number of hydrogen-bond donors (Lipinski definition) is 1. The Morgan fingerprint density at radius 1 is 1.27 bits per heavy atom. The van der Waals surface area contributed by atoms with Crippen molar-refractivity contribution in [2.24, 2.45) is 5.92 Å². The lowest BCUT2D eigenvalue weighted by molar-refractivity contribution is -0.137. The Bertz CT molecular complexity index is 816. The number of rotatable bonds is 8. The van der Waals surface area contributed by atoms with Crippen molar-refractivity contribution in [1.29, 1.82) is 0 Å². The summed E-state index contributed by atoms with van der Waals surface area (Å²) in [6, 6.07) is 5.09. The second kappa shape index (κ2) is 10.4. The summed E-state index contributed by atoms with van der Waals surface area (Å²) >= 11 is 1.43. The molecule has 1 aromatic heterocycles. The first-order valence-corrected chi connectivity index (χ1v) is 10.9. The number of carbonyl (C=O) groups is 1. The normalized spacial score (nSPS) is 16.0. The third-order valence-electron chi connectivity index (χ3n) is 5.18. The van der Waals surface area contributed by atoms with E-state index in [4.69, 9.17) is 4.74 Å². The van der Waals surface area contributed by atoms with Crippen molar-refractivity contribution < 1.29 is 22.7 Å². The number of alkyl halides is 3. The predicted molar refractivity (Wildman–Crippen MR) is 110 cm³/mol. The first-order chi connectivity index (χ1) is 14.4. The number of ether oxygens (including phenoxy) is 1. The van der Waals surface area contributed by atoms with Gasteiger partial charge in [-0.3, -0.25) is 9.69 Å². The maximum atomic E-state index is 12.7. The lowest BCUT2D eigenvalue weighted by Gasteiger charge is -2.30. The molecular formula is C21H26F3N3O2S. The van der Waals surface area contributed by atoms with Crippen molar-refractivity contribution in [3.63, 3.8) is 0 Å². The number of benzene rings is 1. The van der Waals surface area contributed by atoms with Crippen LogP contribution in [-0.2, 0) is 22.3 Å². The minimum absolute atomic E-state index is 0.0435. The first-order valence-electron chi connectivity index (χ1n) is 9.98. The van der Waals surface area contributed by atoms with E-state index in [0.717, 1.165) is 50.2 Å². The van der Waals surface area contributed by atoms with E-state index >= 15 is 0 Å². The van der Waals surface area contributed by atoms with E-state index in [1.807, 2.05) is 5.38 Å². The van der Waals surface area contributed by atoms with Crippen LogP contribution in [0.15, 0.2) is 29.6 Å². The molecule has 0 unspecified atom stereocenters. The van der Waals surface area contributed by atoms with Crippen LogP contribution in [-0.4, -0.2) is 49.1 Å². The van der Waals surface area contributed by atoms with Crippen molar-refractivity contribution >= 4 is 17.2 Å². The Hall–Kier alpha value is -1.97. The summed E-state index contributed by atoms with van der Waals surface area (Å²) in [5, 5.41) is 5.63. The molecular weight excluding hydrogens is 415 g/mol. The van der Waals surface area contributed by atoms with Crippen LogP contribution in [0.25, 0.3) is 10.6 Å². The number of methoxy groups -OCH3 is 1. The van der Waals surface area contributed by atoms with Gasteiger partial charge in [-0.15, -0.1) is 11.3 Å². The van der Waals surface area contributed by atoms with E-state index in [1.54, 1.807) is 7.11 Å². The number of thiazole rings is 1. The molecule has 1 N–H and O–H groups in total. The molecule has 1 fully saturated rings. The van der Waals surface area contributed by atoms with Gasteiger partial charge in [-0.2, -0.15) is 13.2 Å². The van der Waals surface area contributed by atoms with Crippen LogP contribution < -0.4 is 5.32 Å². The molecule has 1 amide bonds. The highest BCUT2D eigenvalue weighted by Gasteiger charge is 2.30. The second-order valence-electron chi connectivity index (χ2n) is 7.41. The molecule has 0 radical (unpaired) electrons. The van der Waals surface area contributed by atoms with Gasteiger partial charge in [0.2, 0.25) is 5.91 Å². The number of hydrogen-bond acceptors (Lipinski definition) is 5. The van der Waals surface area contributed by atoms with E-state index in [-0.39, 0.29) is 11.8 Å². The van der Waals surface area contributed by atoms with Gasteiger partial charge in [0.05, 0.1) is 11.3 Å². The Morgan fingerprint density at radius 2 is 1.97 bits per heavy atom. The van der Waals surface area contributed by atoms with Crippen LogP contribution in [0, 0.1) is 5.92 Å². The summed E-state index contributed by atoms with van der Waals surface area (Å²) in [4.78, 5) is 19.1. The summed E-state index contributed by atoms with van der Waals surface area (Å²) in [6.07, 6.45) is -1.90. The van der Waals surface area contributed by atoms with Crippen LogP contribution in [0.4, 0.5) is 13.2 Å². The molecule has 0 atom stereocenters. The number of aromatic nitrogens is 1. The van der Waals surface area contributed by atoms with Gasteiger partial charge in [0.25, 0.3) is 0 Å². The number of nitrogens with zero attached hydrogens (tertiary/aromatic N) is 2. The third-order valence-corrected chi connectivity index (χ3v) is 6.12. The summed E-state index contributed by atoms with van der Waals surface area (Å²) in [5.41, 5.74) is 0.925. The number of carbonyl (C=O) groups excluding carboxylic acids is 1. The quantitative estimate of drug-likeness (QED) is 0.624. The Labute approximate surface area is 178 Å². The van der Waals surface area contributed by atoms with Gasteiger partial charge >= 0.3 is 6.18 Å². The standard InChI is InChI=1S/C21H26F3N3O2S/c1-29-12-2-9-25-19(28)15-7-10-27(11-8-15)13-18-14-30-20(26-18)16-3-5-17(6-4-16)21(22,23)24/h3-6,14-15H,2,7-13H2,1H3,(H,25,28). The SMILES string of the molecule is COCCCNC(=O)C1CCN(Cc2csc(-c3ccc(C(F)(F)F)cc3)n2)CC1. The van der Waals surface area contributed by atoms with Crippen LogP contribution >= 0.6 is 11.3 Å². The molecule has 0 bridgehead atoms. The molecule has 0 spiro atoms. The number of piperidine rings is 1. The van der Waals surface area contributed by atoms with E-state index in [0.29, 0.717) is 30.3 Å². The monoisotopic (exact) mass is 441 g/mol. The minimum Gasteiger partial charge on any atom is -0.385 e. The molecule has 3 rings (SSSR count). The van der Waals surface area contributed by atoms with E-state index in [9.17, 15) is 18.0 Å². The maximum absolute atomic E-state index is 12.7. The fourth-order valence-electron chi connectivity index (χ4n) is 3.47. The smallest absolute Gasteiger partial charge is 0.385 e. The summed E-state index contributed by atoms with van der Waals surface area (Å²) < 4.78 is 43.1. The highest BCUT2D eigenvalue weighted by Crippen LogP contribution is 2.32. The fourth-order valence-corrected chi connectivity index (χ4v) is 4.29. The molecule has 0 saturated carbocycles. The zero-order valence-electron chi connectivity index (χ0n) is 16.9. The molecule has 164 valence electrons. The van der Waals surface area contributed by atoms with E-state index in [2.05, 4.69) is 15.2 Å². The van der Waals surface area contributed by atoms with Gasteiger partial charge < -0.3 is 10.1 Å². The topological polar surface area (TPSA) is 54.5 Å². The Balaban J connectivity index is 1.47.